The van der Waals surface area contributed by atoms with Crippen molar-refractivity contribution < 1.29 is 13.0 Å². The van der Waals surface area contributed by atoms with Gasteiger partial charge in [-0.05, 0) is 46.9 Å². The maximum atomic E-state index is 11.5. The molecule has 9 heteroatoms. The highest BCUT2D eigenvalue weighted by Gasteiger charge is 2.21. The van der Waals surface area contributed by atoms with Crippen LogP contribution in [-0.2, 0) is 14.6 Å². The first-order chi connectivity index (χ1) is 6.71. The molecule has 0 aliphatic rings. The second-order valence-electron chi connectivity index (χ2n) is 2.76. The normalized spacial score (nSPS) is 12.7. The number of benzene rings is 1. The van der Waals surface area contributed by atoms with Crippen molar-refractivity contribution in [3.8, 4) is 0 Å². The molecule has 1 rings (SSSR count). The summed E-state index contributed by atoms with van der Waals surface area (Å²) in [7, 11) is -7.71. The summed E-state index contributed by atoms with van der Waals surface area (Å²) in [4.78, 5) is -0.0287. The fraction of sp³-hybridized carbons (Fsp3) is 0. The quantitative estimate of drug-likeness (QED) is 0.539. The molecule has 0 aliphatic carbocycles. The van der Waals surface area contributed by atoms with Gasteiger partial charge < -0.3 is 0 Å². The molecule has 84 valence electrons. The molecule has 6 nitrogen and oxygen atoms in total. The molecular formula is C6H9IN3O3PS. The standard InChI is InChI=1S/C6H9IN3O3PS/c7-5-1-3-6(4-2-5)15(12,13)10-14(8,9)11/h1-4H,(H5,8,9,10,11). The molecule has 0 unspecified atom stereocenters. The SMILES string of the molecule is NP(N)(=O)NS(=O)(=O)c1ccc(I)cc1. The summed E-state index contributed by atoms with van der Waals surface area (Å²) in [6, 6.07) is 5.96. The van der Waals surface area contributed by atoms with Gasteiger partial charge >= 0.3 is 0 Å². The minimum absolute atomic E-state index is 0.0287. The lowest BCUT2D eigenvalue weighted by Crippen LogP contribution is -2.28. The third-order valence-corrected chi connectivity index (χ3v) is 5.10. The molecule has 0 atom stereocenters. The Balaban J connectivity index is 3.07. The lowest BCUT2D eigenvalue weighted by Gasteiger charge is -2.09. The van der Waals surface area contributed by atoms with Gasteiger partial charge in [0, 0.05) is 3.57 Å². The van der Waals surface area contributed by atoms with E-state index in [9.17, 15) is 13.0 Å². The average molecular weight is 361 g/mol. The molecule has 0 fully saturated rings. The number of hydrogen-bond acceptors (Lipinski definition) is 3. The number of halogens is 1. The van der Waals surface area contributed by atoms with Crippen LogP contribution in [0.3, 0.4) is 0 Å². The summed E-state index contributed by atoms with van der Waals surface area (Å²) in [5.74, 6) is 0. The van der Waals surface area contributed by atoms with Crippen LogP contribution in [0.1, 0.15) is 0 Å². The highest BCUT2D eigenvalue weighted by molar-refractivity contribution is 14.1. The van der Waals surface area contributed by atoms with E-state index in [-0.39, 0.29) is 4.90 Å². The number of nitrogens with one attached hydrogen (secondary N) is 1. The third-order valence-electron chi connectivity index (χ3n) is 1.39. The van der Waals surface area contributed by atoms with E-state index in [0.717, 1.165) is 3.57 Å². The van der Waals surface area contributed by atoms with Gasteiger partial charge in [-0.1, -0.05) is 0 Å². The van der Waals surface area contributed by atoms with Crippen LogP contribution in [-0.4, -0.2) is 8.42 Å². The van der Waals surface area contributed by atoms with E-state index >= 15 is 0 Å². The first-order valence-electron chi connectivity index (χ1n) is 3.67. The first kappa shape index (κ1) is 13.1. The minimum atomic E-state index is -3.90. The van der Waals surface area contributed by atoms with Crippen LogP contribution >= 0.6 is 30.2 Å². The zero-order valence-electron chi connectivity index (χ0n) is 7.42. The zero-order valence-corrected chi connectivity index (χ0v) is 11.3. The smallest absolute Gasteiger partial charge is 0.270 e. The number of nitrogens with two attached hydrogens (primary N) is 2. The van der Waals surface area contributed by atoms with E-state index in [1.165, 1.54) is 12.1 Å². The van der Waals surface area contributed by atoms with Gasteiger partial charge in [0.05, 0.1) is 4.90 Å². The molecule has 0 saturated heterocycles. The highest BCUT2D eigenvalue weighted by Crippen LogP contribution is 2.23. The Morgan fingerprint density at radius 2 is 1.67 bits per heavy atom. The topological polar surface area (TPSA) is 115 Å². The maximum Gasteiger partial charge on any atom is 0.287 e. The molecule has 0 heterocycles. The van der Waals surface area contributed by atoms with Crippen LogP contribution in [0.5, 0.6) is 0 Å². The van der Waals surface area contributed by atoms with Crippen LogP contribution in [0.2, 0.25) is 0 Å². The second-order valence-corrected chi connectivity index (χ2v) is 7.63. The lowest BCUT2D eigenvalue weighted by atomic mass is 10.4. The fourth-order valence-electron chi connectivity index (χ4n) is 0.854. The Bertz CT molecular complexity index is 495. The van der Waals surface area contributed by atoms with Gasteiger partial charge in [-0.3, -0.25) is 15.6 Å². The number of hydrogen-bond donors (Lipinski definition) is 3. The molecule has 0 amide bonds. The van der Waals surface area contributed by atoms with Crippen LogP contribution in [0.25, 0.3) is 0 Å². The zero-order chi connectivity index (χ0) is 11.7. The second kappa shape index (κ2) is 4.48. The molecule has 1 aromatic carbocycles. The fourth-order valence-corrected chi connectivity index (χ4v) is 3.63. The molecule has 0 spiro atoms. The van der Waals surface area contributed by atoms with Crippen molar-refractivity contribution in [1.82, 2.24) is 4.49 Å². The predicted molar refractivity (Wildman–Crippen MR) is 65.5 cm³/mol. The predicted octanol–water partition coefficient (Wildman–Crippen LogP) is 0.595. The summed E-state index contributed by atoms with van der Waals surface area (Å²) >= 11 is 2.03. The van der Waals surface area contributed by atoms with Crippen molar-refractivity contribution in [3.63, 3.8) is 0 Å². The average Bonchev–Trinajstić information content (AvgIpc) is 2.00. The van der Waals surface area contributed by atoms with Crippen molar-refractivity contribution in [2.75, 3.05) is 0 Å². The van der Waals surface area contributed by atoms with Gasteiger partial charge in [0.1, 0.15) is 0 Å². The first-order valence-corrected chi connectivity index (χ1v) is 8.08. The Hall–Kier alpha value is 0.01000. The van der Waals surface area contributed by atoms with E-state index in [4.69, 9.17) is 11.0 Å². The van der Waals surface area contributed by atoms with E-state index in [2.05, 4.69) is 0 Å². The molecule has 0 bridgehead atoms. The largest absolute Gasteiger partial charge is 0.287 e. The summed E-state index contributed by atoms with van der Waals surface area (Å²) in [5.41, 5.74) is 9.86. The van der Waals surface area contributed by atoms with Crippen molar-refractivity contribution >= 4 is 40.2 Å². The van der Waals surface area contributed by atoms with E-state index in [1.807, 2.05) is 22.6 Å². The maximum absolute atomic E-state index is 11.5. The van der Waals surface area contributed by atoms with Gasteiger partial charge in [-0.2, -0.15) is 0 Å². The monoisotopic (exact) mass is 361 g/mol. The van der Waals surface area contributed by atoms with Crippen molar-refractivity contribution in [2.24, 2.45) is 11.0 Å². The Labute approximate surface area is 101 Å². The van der Waals surface area contributed by atoms with E-state index in [0.29, 0.717) is 0 Å². The van der Waals surface area contributed by atoms with Gasteiger partial charge in [0.15, 0.2) is 0 Å². The molecule has 5 N–H and O–H groups in total. The van der Waals surface area contributed by atoms with Crippen molar-refractivity contribution in [2.45, 2.75) is 4.90 Å². The van der Waals surface area contributed by atoms with E-state index < -0.39 is 17.6 Å². The van der Waals surface area contributed by atoms with Crippen molar-refractivity contribution in [1.29, 1.82) is 0 Å². The number of rotatable bonds is 3. The third kappa shape index (κ3) is 4.17. The molecule has 0 aromatic heterocycles. The lowest BCUT2D eigenvalue weighted by molar-refractivity contribution is 0.567. The molecule has 0 radical (unpaired) electrons. The summed E-state index contributed by atoms with van der Waals surface area (Å²) in [6.45, 7) is 0. The summed E-state index contributed by atoms with van der Waals surface area (Å²) < 4.78 is 36.6. The Kier molecular flexibility index (Phi) is 3.90. The van der Waals surface area contributed by atoms with Crippen LogP contribution in [0, 0.1) is 3.57 Å². The van der Waals surface area contributed by atoms with Gasteiger partial charge in [-0.25, -0.2) is 8.42 Å². The van der Waals surface area contributed by atoms with Crippen LogP contribution in [0.4, 0.5) is 0 Å². The van der Waals surface area contributed by atoms with Crippen LogP contribution in [0.15, 0.2) is 29.2 Å². The number of sulfonamides is 1. The molecule has 1 aromatic rings. The highest BCUT2D eigenvalue weighted by atomic mass is 127. The van der Waals surface area contributed by atoms with Gasteiger partial charge in [-0.15, -0.1) is 4.49 Å². The van der Waals surface area contributed by atoms with Gasteiger partial charge in [0.2, 0.25) is 10.0 Å². The van der Waals surface area contributed by atoms with Crippen LogP contribution < -0.4 is 15.5 Å². The summed E-state index contributed by atoms with van der Waals surface area (Å²) in [6.07, 6.45) is 0. The molecule has 0 aliphatic heterocycles. The Morgan fingerprint density at radius 1 is 1.20 bits per heavy atom. The molecule has 0 saturated carbocycles. The molecule has 15 heavy (non-hydrogen) atoms. The van der Waals surface area contributed by atoms with E-state index in [1.54, 1.807) is 16.6 Å². The molecular weight excluding hydrogens is 352 g/mol. The van der Waals surface area contributed by atoms with Crippen molar-refractivity contribution in [3.05, 3.63) is 27.8 Å². The Morgan fingerprint density at radius 3 is 2.07 bits per heavy atom. The summed E-state index contributed by atoms with van der Waals surface area (Å²) in [5, 5.41) is 0. The van der Waals surface area contributed by atoms with Gasteiger partial charge in [0.25, 0.3) is 7.59 Å². The minimum Gasteiger partial charge on any atom is -0.270 e.